The molecule has 0 bridgehead atoms. The van der Waals surface area contributed by atoms with Crippen molar-refractivity contribution >= 4 is 11.7 Å². The number of rotatable bonds is 1. The van der Waals surface area contributed by atoms with Crippen LogP contribution in [0.25, 0.3) is 0 Å². The van der Waals surface area contributed by atoms with Crippen LogP contribution in [0.5, 0.6) is 0 Å². The second kappa shape index (κ2) is 5.53. The first-order chi connectivity index (χ1) is 12.2. The number of benzene rings is 1. The molecule has 1 aliphatic heterocycles. The number of anilines is 1. The van der Waals surface area contributed by atoms with Gasteiger partial charge in [0.25, 0.3) is 0 Å². The second-order valence-corrected chi connectivity index (χ2v) is 9.26. The van der Waals surface area contributed by atoms with Crippen LogP contribution in [0.4, 0.5) is 5.95 Å². The van der Waals surface area contributed by atoms with E-state index >= 15 is 0 Å². The Bertz CT molecular complexity index is 897. The van der Waals surface area contributed by atoms with E-state index in [0.717, 1.165) is 23.3 Å². The minimum Gasteiger partial charge on any atom is -0.328 e. The summed E-state index contributed by atoms with van der Waals surface area (Å²) in [7, 11) is 0. The lowest BCUT2D eigenvalue weighted by atomic mass is 9.73. The molecule has 0 fully saturated rings. The number of nitrogens with one attached hydrogen (secondary N) is 1. The topological polar surface area (TPSA) is 59.8 Å². The zero-order chi connectivity index (χ0) is 18.7. The summed E-state index contributed by atoms with van der Waals surface area (Å²) in [4.78, 5) is 17.4. The quantitative estimate of drug-likeness (QED) is 0.836. The maximum atomic E-state index is 13.0. The van der Waals surface area contributed by atoms with Crippen molar-refractivity contribution < 1.29 is 4.79 Å². The highest BCUT2D eigenvalue weighted by molar-refractivity contribution is 6.00. The minimum absolute atomic E-state index is 0.0360. The summed E-state index contributed by atoms with van der Waals surface area (Å²) in [5, 5.41) is 7.75. The molecule has 1 unspecified atom stereocenters. The van der Waals surface area contributed by atoms with Crippen LogP contribution >= 0.6 is 0 Å². The lowest BCUT2D eigenvalue weighted by molar-refractivity contribution is -0.118. The molecule has 5 heteroatoms. The highest BCUT2D eigenvalue weighted by Gasteiger charge is 2.41. The second-order valence-electron chi connectivity index (χ2n) is 9.26. The average molecular weight is 350 g/mol. The molecule has 2 heterocycles. The van der Waals surface area contributed by atoms with Gasteiger partial charge in [0.2, 0.25) is 5.95 Å². The molecule has 0 spiro atoms. The van der Waals surface area contributed by atoms with Crippen molar-refractivity contribution in [1.82, 2.24) is 14.8 Å². The monoisotopic (exact) mass is 350 g/mol. The van der Waals surface area contributed by atoms with Gasteiger partial charge in [-0.25, -0.2) is 4.68 Å². The van der Waals surface area contributed by atoms with Gasteiger partial charge >= 0.3 is 0 Å². The number of ketones is 1. The highest BCUT2D eigenvalue weighted by Crippen LogP contribution is 2.45. The maximum absolute atomic E-state index is 13.0. The molecule has 1 N–H and O–H groups in total. The van der Waals surface area contributed by atoms with Gasteiger partial charge in [0.1, 0.15) is 12.4 Å². The van der Waals surface area contributed by atoms with Crippen LogP contribution < -0.4 is 5.32 Å². The van der Waals surface area contributed by atoms with Crippen molar-refractivity contribution in [2.75, 3.05) is 5.32 Å². The first-order valence-electron chi connectivity index (χ1n) is 9.19. The molecule has 0 amide bonds. The van der Waals surface area contributed by atoms with Gasteiger partial charge in [0.05, 0.1) is 0 Å². The van der Waals surface area contributed by atoms with Gasteiger partial charge < -0.3 is 5.32 Å². The molecule has 0 saturated heterocycles. The fraction of sp³-hybridized carbons (Fsp3) is 0.476. The Morgan fingerprint density at radius 2 is 1.85 bits per heavy atom. The van der Waals surface area contributed by atoms with E-state index in [2.05, 4.69) is 74.3 Å². The highest BCUT2D eigenvalue weighted by atomic mass is 16.1. The summed E-state index contributed by atoms with van der Waals surface area (Å²) in [5.41, 5.74) is 4.25. The fourth-order valence-corrected chi connectivity index (χ4v) is 4.02. The van der Waals surface area contributed by atoms with E-state index in [0.29, 0.717) is 12.4 Å². The summed E-state index contributed by atoms with van der Waals surface area (Å²) < 4.78 is 1.83. The third-order valence-electron chi connectivity index (χ3n) is 5.37. The van der Waals surface area contributed by atoms with Crippen molar-refractivity contribution in [2.24, 2.45) is 5.41 Å². The number of carbonyl (C=O) groups is 1. The standard InChI is InChI=1S/C21H26N4O/c1-20(2,3)14-8-6-13(7-9-14)18-17-15(10-21(4,5)11-16(17)26)24-19-22-12-23-25(18)19/h6-9,12,18H,10-11H2,1-5H3,(H,22,23,24). The van der Waals surface area contributed by atoms with Gasteiger partial charge in [0, 0.05) is 17.7 Å². The molecule has 1 atom stereocenters. The Kier molecular flexibility index (Phi) is 3.62. The smallest absolute Gasteiger partial charge is 0.226 e. The van der Waals surface area contributed by atoms with Gasteiger partial charge in [-0.15, -0.1) is 0 Å². The number of carbonyl (C=O) groups excluding carboxylic acids is 1. The zero-order valence-electron chi connectivity index (χ0n) is 16.1. The van der Waals surface area contributed by atoms with Crippen LogP contribution in [0.15, 0.2) is 41.9 Å². The van der Waals surface area contributed by atoms with Crippen molar-refractivity contribution in [1.29, 1.82) is 0 Å². The van der Waals surface area contributed by atoms with E-state index in [-0.39, 0.29) is 22.7 Å². The van der Waals surface area contributed by atoms with Gasteiger partial charge in [-0.3, -0.25) is 4.79 Å². The van der Waals surface area contributed by atoms with Crippen LogP contribution in [0.1, 0.15) is 64.6 Å². The molecule has 5 nitrogen and oxygen atoms in total. The molecule has 2 aliphatic rings. The van der Waals surface area contributed by atoms with Crippen molar-refractivity contribution in [3.05, 3.63) is 53.0 Å². The molecule has 1 aliphatic carbocycles. The molecule has 136 valence electrons. The molecular weight excluding hydrogens is 324 g/mol. The number of aromatic nitrogens is 3. The first-order valence-corrected chi connectivity index (χ1v) is 9.19. The molecule has 0 radical (unpaired) electrons. The zero-order valence-corrected chi connectivity index (χ0v) is 16.1. The van der Waals surface area contributed by atoms with E-state index in [1.165, 1.54) is 5.56 Å². The Balaban J connectivity index is 1.83. The van der Waals surface area contributed by atoms with E-state index in [4.69, 9.17) is 0 Å². The lowest BCUT2D eigenvalue weighted by Gasteiger charge is -2.38. The molecule has 0 saturated carbocycles. The van der Waals surface area contributed by atoms with E-state index < -0.39 is 0 Å². The van der Waals surface area contributed by atoms with E-state index in [1.54, 1.807) is 6.33 Å². The number of hydrogen-bond donors (Lipinski definition) is 1. The molecule has 1 aromatic heterocycles. The number of fused-ring (bicyclic) bond motifs is 1. The van der Waals surface area contributed by atoms with Gasteiger partial charge in [0.15, 0.2) is 5.78 Å². The maximum Gasteiger partial charge on any atom is 0.226 e. The normalized spacial score (nSPS) is 21.9. The van der Waals surface area contributed by atoms with Crippen LogP contribution in [0, 0.1) is 5.41 Å². The average Bonchev–Trinajstić information content (AvgIpc) is 2.99. The summed E-state index contributed by atoms with van der Waals surface area (Å²) in [6, 6.07) is 8.36. The Hall–Kier alpha value is -2.43. The fourth-order valence-electron chi connectivity index (χ4n) is 4.02. The van der Waals surface area contributed by atoms with Crippen LogP contribution in [0.3, 0.4) is 0 Å². The number of Topliss-reactive ketones (excluding diaryl/α,β-unsaturated/α-hetero) is 1. The molecule has 26 heavy (non-hydrogen) atoms. The predicted octanol–water partition coefficient (Wildman–Crippen LogP) is 4.23. The van der Waals surface area contributed by atoms with E-state index in [1.807, 2.05) is 4.68 Å². The molecule has 2 aromatic rings. The Labute approximate surface area is 154 Å². The number of allylic oxidation sites excluding steroid dienone is 2. The van der Waals surface area contributed by atoms with Gasteiger partial charge in [-0.2, -0.15) is 10.1 Å². The summed E-state index contributed by atoms with van der Waals surface area (Å²) in [5.74, 6) is 0.911. The van der Waals surface area contributed by atoms with Gasteiger partial charge in [-0.05, 0) is 28.4 Å². The van der Waals surface area contributed by atoms with Crippen molar-refractivity contribution in [3.63, 3.8) is 0 Å². The lowest BCUT2D eigenvalue weighted by Crippen LogP contribution is -2.36. The number of nitrogens with zero attached hydrogens (tertiary/aromatic N) is 3. The third kappa shape index (κ3) is 2.75. The number of hydrogen-bond acceptors (Lipinski definition) is 4. The van der Waals surface area contributed by atoms with E-state index in [9.17, 15) is 4.79 Å². The Morgan fingerprint density at radius 1 is 1.15 bits per heavy atom. The summed E-state index contributed by atoms with van der Waals surface area (Å²) >= 11 is 0. The Morgan fingerprint density at radius 3 is 2.50 bits per heavy atom. The minimum atomic E-state index is -0.207. The summed E-state index contributed by atoms with van der Waals surface area (Å²) in [6.07, 6.45) is 2.96. The predicted molar refractivity (Wildman–Crippen MR) is 102 cm³/mol. The van der Waals surface area contributed by atoms with Crippen LogP contribution in [0.2, 0.25) is 0 Å². The SMILES string of the molecule is CC1(C)CC(=O)C2=C(C1)Nc1ncnn1C2c1ccc(C(C)(C)C)cc1. The van der Waals surface area contributed by atoms with Crippen LogP contribution in [-0.2, 0) is 10.2 Å². The molecular formula is C21H26N4O. The largest absolute Gasteiger partial charge is 0.328 e. The van der Waals surface area contributed by atoms with Crippen LogP contribution in [-0.4, -0.2) is 20.5 Å². The van der Waals surface area contributed by atoms with Crippen molar-refractivity contribution in [3.8, 4) is 0 Å². The molecule has 1 aromatic carbocycles. The first kappa shape index (κ1) is 17.0. The summed E-state index contributed by atoms with van der Waals surface area (Å²) in [6.45, 7) is 10.9. The van der Waals surface area contributed by atoms with Gasteiger partial charge in [-0.1, -0.05) is 58.9 Å². The molecule has 4 rings (SSSR count). The van der Waals surface area contributed by atoms with Crippen molar-refractivity contribution in [2.45, 2.75) is 58.9 Å². The third-order valence-corrected chi connectivity index (χ3v) is 5.37.